The molecule has 0 aliphatic heterocycles. The zero-order valence-corrected chi connectivity index (χ0v) is 10.9. The average molecular weight is 289 g/mol. The first-order chi connectivity index (χ1) is 9.34. The summed E-state index contributed by atoms with van der Waals surface area (Å²) in [5.41, 5.74) is 10.2. The molecule has 0 saturated carbocycles. The highest BCUT2D eigenvalue weighted by Crippen LogP contribution is 2.29. The maximum absolute atomic E-state index is 12.5. The Morgan fingerprint density at radius 1 is 1.35 bits per heavy atom. The number of halogens is 3. The summed E-state index contributed by atoms with van der Waals surface area (Å²) in [6.07, 6.45) is -3.08. The van der Waals surface area contributed by atoms with Crippen molar-refractivity contribution in [3.63, 3.8) is 0 Å². The molecule has 1 unspecified atom stereocenters. The molecular formula is C13H18F3N3O. The number of amides is 1. The number of carbonyl (C=O) groups excluding carboxylic acids is 1. The maximum Gasteiger partial charge on any atom is 0.416 e. The molecule has 5 N–H and O–H groups in total. The molecule has 0 fully saturated rings. The van der Waals surface area contributed by atoms with Gasteiger partial charge in [0.2, 0.25) is 0 Å². The van der Waals surface area contributed by atoms with E-state index in [1.54, 1.807) is 0 Å². The van der Waals surface area contributed by atoms with Crippen molar-refractivity contribution in [3.8, 4) is 0 Å². The molecule has 0 spiro atoms. The van der Waals surface area contributed by atoms with Crippen molar-refractivity contribution < 1.29 is 18.0 Å². The number of hydrogen-bond acceptors (Lipinski definition) is 3. The monoisotopic (exact) mass is 289 g/mol. The van der Waals surface area contributed by atoms with Crippen molar-refractivity contribution in [2.24, 2.45) is 11.5 Å². The lowest BCUT2D eigenvalue weighted by atomic mass is 10.1. The first-order valence-corrected chi connectivity index (χ1v) is 6.25. The topological polar surface area (TPSA) is 81.1 Å². The van der Waals surface area contributed by atoms with Crippen LogP contribution in [0.2, 0.25) is 0 Å². The van der Waals surface area contributed by atoms with Crippen molar-refractivity contribution in [2.45, 2.75) is 25.1 Å². The average Bonchev–Trinajstić information content (AvgIpc) is 2.41. The van der Waals surface area contributed by atoms with Crippen LogP contribution >= 0.6 is 0 Å². The Bertz CT molecular complexity index is 449. The number of hydrogen-bond donors (Lipinski definition) is 3. The number of rotatable bonds is 6. The van der Waals surface area contributed by atoms with Crippen LogP contribution in [0.4, 0.5) is 13.2 Å². The Kier molecular flexibility index (Phi) is 5.97. The number of carbonyl (C=O) groups is 1. The van der Waals surface area contributed by atoms with Gasteiger partial charge in [0.15, 0.2) is 0 Å². The van der Waals surface area contributed by atoms with Crippen molar-refractivity contribution in [3.05, 3.63) is 35.4 Å². The van der Waals surface area contributed by atoms with Gasteiger partial charge in [0, 0.05) is 18.2 Å². The summed E-state index contributed by atoms with van der Waals surface area (Å²) in [4.78, 5) is 11.7. The van der Waals surface area contributed by atoms with E-state index in [1.807, 2.05) is 0 Å². The van der Waals surface area contributed by atoms with Gasteiger partial charge in [0.25, 0.3) is 5.91 Å². The first kappa shape index (κ1) is 16.5. The normalized spacial score (nSPS) is 13.1. The Hall–Kier alpha value is -1.60. The van der Waals surface area contributed by atoms with Gasteiger partial charge in [-0.3, -0.25) is 4.79 Å². The summed E-state index contributed by atoms with van der Waals surface area (Å²) in [7, 11) is 0. The van der Waals surface area contributed by atoms with Gasteiger partial charge in [-0.2, -0.15) is 13.2 Å². The van der Waals surface area contributed by atoms with Gasteiger partial charge in [-0.25, -0.2) is 0 Å². The smallest absolute Gasteiger partial charge is 0.350 e. The molecule has 1 aromatic rings. The lowest BCUT2D eigenvalue weighted by molar-refractivity contribution is -0.137. The number of alkyl halides is 3. The standard InChI is InChI=1S/C13H18F3N3O/c14-13(15,16)10-4-1-3-9(7-10)12(20)19-8-11(18)5-2-6-17/h1,3-4,7,11H,2,5-6,8,17-18H2,(H,19,20). The highest BCUT2D eigenvalue weighted by molar-refractivity contribution is 5.94. The van der Waals surface area contributed by atoms with Gasteiger partial charge in [0.05, 0.1) is 5.56 Å². The Balaban J connectivity index is 2.60. The molecule has 0 aliphatic rings. The second-order valence-corrected chi connectivity index (χ2v) is 4.48. The van der Waals surface area contributed by atoms with E-state index in [2.05, 4.69) is 5.32 Å². The molecule has 1 rings (SSSR count). The van der Waals surface area contributed by atoms with Gasteiger partial charge >= 0.3 is 6.18 Å². The van der Waals surface area contributed by atoms with Crippen molar-refractivity contribution in [2.75, 3.05) is 13.1 Å². The summed E-state index contributed by atoms with van der Waals surface area (Å²) in [6.45, 7) is 0.713. The molecule has 112 valence electrons. The molecule has 0 radical (unpaired) electrons. The van der Waals surface area contributed by atoms with Crippen LogP contribution in [0.15, 0.2) is 24.3 Å². The van der Waals surface area contributed by atoms with Gasteiger partial charge in [-0.15, -0.1) is 0 Å². The predicted octanol–water partition coefficient (Wildman–Crippen LogP) is 1.50. The molecule has 1 aromatic carbocycles. The fourth-order valence-electron chi connectivity index (χ4n) is 1.64. The number of nitrogens with two attached hydrogens (primary N) is 2. The molecular weight excluding hydrogens is 271 g/mol. The lowest BCUT2D eigenvalue weighted by Gasteiger charge is -2.13. The van der Waals surface area contributed by atoms with Crippen molar-refractivity contribution in [1.82, 2.24) is 5.32 Å². The van der Waals surface area contributed by atoms with Crippen LogP contribution in [0, 0.1) is 0 Å². The second kappa shape index (κ2) is 7.25. The zero-order chi connectivity index (χ0) is 15.2. The van der Waals surface area contributed by atoms with Crippen LogP contribution in [0.25, 0.3) is 0 Å². The SMILES string of the molecule is NCCCC(N)CNC(=O)c1cccc(C(F)(F)F)c1. The van der Waals surface area contributed by atoms with E-state index in [-0.39, 0.29) is 18.2 Å². The van der Waals surface area contributed by atoms with Crippen molar-refractivity contribution >= 4 is 5.91 Å². The van der Waals surface area contributed by atoms with Gasteiger partial charge in [-0.1, -0.05) is 6.07 Å². The molecule has 1 atom stereocenters. The summed E-state index contributed by atoms with van der Waals surface area (Å²) in [6, 6.07) is 4.01. The number of benzene rings is 1. The highest BCUT2D eigenvalue weighted by Gasteiger charge is 2.30. The molecule has 0 saturated heterocycles. The highest BCUT2D eigenvalue weighted by atomic mass is 19.4. The van der Waals surface area contributed by atoms with Crippen LogP contribution in [-0.2, 0) is 6.18 Å². The Morgan fingerprint density at radius 2 is 2.05 bits per heavy atom. The van der Waals surface area contributed by atoms with Crippen LogP contribution in [0.5, 0.6) is 0 Å². The fourth-order valence-corrected chi connectivity index (χ4v) is 1.64. The van der Waals surface area contributed by atoms with E-state index in [0.29, 0.717) is 13.0 Å². The third kappa shape index (κ3) is 5.18. The first-order valence-electron chi connectivity index (χ1n) is 6.25. The van der Waals surface area contributed by atoms with E-state index >= 15 is 0 Å². The van der Waals surface area contributed by atoms with Crippen LogP contribution in [-0.4, -0.2) is 25.0 Å². The minimum atomic E-state index is -4.46. The third-order valence-electron chi connectivity index (χ3n) is 2.76. The zero-order valence-electron chi connectivity index (χ0n) is 10.9. The summed E-state index contributed by atoms with van der Waals surface area (Å²) >= 11 is 0. The summed E-state index contributed by atoms with van der Waals surface area (Å²) < 4.78 is 37.6. The van der Waals surface area contributed by atoms with Crippen LogP contribution in [0.1, 0.15) is 28.8 Å². The molecule has 0 heterocycles. The Morgan fingerprint density at radius 3 is 2.65 bits per heavy atom. The summed E-state index contributed by atoms with van der Waals surface area (Å²) in [5.74, 6) is -0.570. The molecule has 0 bridgehead atoms. The Labute approximate surface area is 115 Å². The molecule has 1 amide bonds. The molecule has 20 heavy (non-hydrogen) atoms. The van der Waals surface area contributed by atoms with E-state index in [9.17, 15) is 18.0 Å². The third-order valence-corrected chi connectivity index (χ3v) is 2.76. The number of nitrogens with one attached hydrogen (secondary N) is 1. The molecule has 7 heteroatoms. The fraction of sp³-hybridized carbons (Fsp3) is 0.462. The molecule has 4 nitrogen and oxygen atoms in total. The van der Waals surface area contributed by atoms with E-state index < -0.39 is 17.6 Å². The van der Waals surface area contributed by atoms with Gasteiger partial charge in [0.1, 0.15) is 0 Å². The lowest BCUT2D eigenvalue weighted by Crippen LogP contribution is -2.37. The second-order valence-electron chi connectivity index (χ2n) is 4.48. The van der Waals surface area contributed by atoms with Crippen LogP contribution < -0.4 is 16.8 Å². The minimum absolute atomic E-state index is 0.0363. The van der Waals surface area contributed by atoms with Crippen LogP contribution in [0.3, 0.4) is 0 Å². The molecule has 0 aliphatic carbocycles. The van der Waals surface area contributed by atoms with E-state index in [0.717, 1.165) is 18.6 Å². The van der Waals surface area contributed by atoms with Gasteiger partial charge < -0.3 is 16.8 Å². The largest absolute Gasteiger partial charge is 0.416 e. The summed E-state index contributed by atoms with van der Waals surface area (Å²) in [5, 5.41) is 2.51. The minimum Gasteiger partial charge on any atom is -0.350 e. The molecule has 0 aromatic heterocycles. The maximum atomic E-state index is 12.5. The van der Waals surface area contributed by atoms with Gasteiger partial charge in [-0.05, 0) is 37.6 Å². The van der Waals surface area contributed by atoms with E-state index in [4.69, 9.17) is 11.5 Å². The predicted molar refractivity (Wildman–Crippen MR) is 70.0 cm³/mol. The van der Waals surface area contributed by atoms with Crippen molar-refractivity contribution in [1.29, 1.82) is 0 Å². The quantitative estimate of drug-likeness (QED) is 0.742. The van der Waals surface area contributed by atoms with E-state index in [1.165, 1.54) is 12.1 Å².